The Labute approximate surface area is 218 Å². The van der Waals surface area contributed by atoms with Gasteiger partial charge in [-0.2, -0.15) is 0 Å². The summed E-state index contributed by atoms with van der Waals surface area (Å²) < 4.78 is 0. The molecule has 8 heteroatoms. The molecule has 2 aromatic heterocycles. The molecule has 192 valence electrons. The van der Waals surface area contributed by atoms with Crippen molar-refractivity contribution in [2.45, 2.75) is 51.9 Å². The van der Waals surface area contributed by atoms with Crippen LogP contribution in [0.15, 0.2) is 54.2 Å². The highest BCUT2D eigenvalue weighted by Crippen LogP contribution is 2.40. The minimum Gasteiger partial charge on any atom is -0.387 e. The van der Waals surface area contributed by atoms with Gasteiger partial charge in [0.15, 0.2) is 0 Å². The smallest absolute Gasteiger partial charge is 0.120 e. The Balaban J connectivity index is 1.11. The molecule has 2 aliphatic heterocycles. The number of rotatable bonds is 10. The third-order valence-corrected chi connectivity index (χ3v) is 8.64. The predicted octanol–water partition coefficient (Wildman–Crippen LogP) is 4.29. The van der Waals surface area contributed by atoms with E-state index in [1.807, 2.05) is 17.5 Å². The van der Waals surface area contributed by atoms with E-state index in [9.17, 15) is 0 Å². The first-order valence-corrected chi connectivity index (χ1v) is 14.0. The lowest BCUT2D eigenvalue weighted by atomic mass is 9.72. The van der Waals surface area contributed by atoms with Crippen LogP contribution < -0.4 is 5.73 Å². The zero-order chi connectivity index (χ0) is 24.8. The third-order valence-electron chi connectivity index (χ3n) is 7.77. The van der Waals surface area contributed by atoms with Gasteiger partial charge < -0.3 is 10.7 Å². The highest BCUT2D eigenvalue weighted by molar-refractivity contribution is 7.09. The number of nitrogens with zero attached hydrogens (tertiary/aromatic N) is 4. The lowest BCUT2D eigenvalue weighted by molar-refractivity contribution is 0.0189. The second-order valence-corrected chi connectivity index (χ2v) is 11.7. The molecular weight excluding hydrogens is 466 g/mol. The molecule has 4 heterocycles. The van der Waals surface area contributed by atoms with E-state index < -0.39 is 0 Å². The van der Waals surface area contributed by atoms with Crippen molar-refractivity contribution in [3.8, 4) is 0 Å². The lowest BCUT2D eigenvalue weighted by Gasteiger charge is -2.47. The van der Waals surface area contributed by atoms with Crippen LogP contribution in [0.2, 0.25) is 0 Å². The van der Waals surface area contributed by atoms with Gasteiger partial charge >= 0.3 is 0 Å². The highest BCUT2D eigenvalue weighted by atomic mass is 32.1. The van der Waals surface area contributed by atoms with Crippen LogP contribution in [-0.4, -0.2) is 63.2 Å². The molecule has 7 nitrogen and oxygen atoms in total. The molecule has 1 aromatic carbocycles. The molecule has 1 spiro atoms. The number of amidine groups is 1. The first kappa shape index (κ1) is 25.1. The van der Waals surface area contributed by atoms with Gasteiger partial charge in [-0.15, -0.1) is 11.3 Å². The minimum absolute atomic E-state index is 0.175. The summed E-state index contributed by atoms with van der Waals surface area (Å²) in [7, 11) is 0. The molecule has 3 aromatic rings. The van der Waals surface area contributed by atoms with E-state index >= 15 is 0 Å². The number of hydrogen-bond acceptors (Lipinski definition) is 6. The van der Waals surface area contributed by atoms with Crippen molar-refractivity contribution in [2.75, 3.05) is 32.7 Å². The normalized spacial score (nSPS) is 18.7. The summed E-state index contributed by atoms with van der Waals surface area (Å²) in [5, 5.41) is 9.92. The van der Waals surface area contributed by atoms with Crippen LogP contribution >= 0.6 is 11.3 Å². The fraction of sp³-hybridized carbons (Fsp3) is 0.500. The molecule has 0 atom stereocenters. The van der Waals surface area contributed by atoms with Crippen molar-refractivity contribution >= 4 is 17.2 Å². The van der Waals surface area contributed by atoms with Crippen LogP contribution in [0.4, 0.5) is 0 Å². The third kappa shape index (κ3) is 6.82. The maximum Gasteiger partial charge on any atom is 0.120 e. The number of imidazole rings is 1. The molecule has 0 radical (unpaired) electrons. The molecule has 0 amide bonds. The Morgan fingerprint density at radius 2 is 1.83 bits per heavy atom. The van der Waals surface area contributed by atoms with E-state index in [0.717, 1.165) is 25.5 Å². The average Bonchev–Trinajstić information content (AvgIpc) is 3.56. The van der Waals surface area contributed by atoms with Gasteiger partial charge in [0.1, 0.15) is 11.7 Å². The van der Waals surface area contributed by atoms with Crippen molar-refractivity contribution < 1.29 is 0 Å². The van der Waals surface area contributed by atoms with E-state index in [4.69, 9.17) is 11.1 Å². The van der Waals surface area contributed by atoms with E-state index in [-0.39, 0.29) is 5.84 Å². The van der Waals surface area contributed by atoms with Crippen molar-refractivity contribution in [3.63, 3.8) is 0 Å². The second kappa shape index (κ2) is 11.7. The topological polar surface area (TPSA) is 88.3 Å². The Morgan fingerprint density at radius 3 is 2.53 bits per heavy atom. The largest absolute Gasteiger partial charge is 0.387 e. The Morgan fingerprint density at radius 1 is 1.03 bits per heavy atom. The van der Waals surface area contributed by atoms with E-state index in [2.05, 4.69) is 66.4 Å². The zero-order valence-corrected chi connectivity index (χ0v) is 22.0. The number of aromatic nitrogens is 2. The minimum atomic E-state index is 0.175. The van der Waals surface area contributed by atoms with Gasteiger partial charge in [0.2, 0.25) is 0 Å². The lowest BCUT2D eigenvalue weighted by Crippen LogP contribution is -2.49. The predicted molar refractivity (Wildman–Crippen MR) is 147 cm³/mol. The second-order valence-electron chi connectivity index (χ2n) is 10.7. The first-order valence-electron chi connectivity index (χ1n) is 13.1. The fourth-order valence-corrected chi connectivity index (χ4v) is 6.68. The van der Waals surface area contributed by atoms with Gasteiger partial charge in [-0.05, 0) is 73.3 Å². The summed E-state index contributed by atoms with van der Waals surface area (Å²) in [6, 6.07) is 13.4. The molecule has 5 rings (SSSR count). The van der Waals surface area contributed by atoms with Crippen molar-refractivity contribution in [2.24, 2.45) is 11.1 Å². The molecule has 0 bridgehead atoms. The number of H-pyrrole nitrogens is 1. The molecule has 2 fully saturated rings. The van der Waals surface area contributed by atoms with Gasteiger partial charge in [-0.3, -0.25) is 20.1 Å². The summed E-state index contributed by atoms with van der Waals surface area (Å²) in [6.07, 6.45) is 8.96. The molecule has 0 saturated carbocycles. The van der Waals surface area contributed by atoms with Crippen molar-refractivity contribution in [1.82, 2.24) is 24.7 Å². The van der Waals surface area contributed by atoms with Gasteiger partial charge in [-0.1, -0.05) is 30.3 Å². The number of nitrogens with one attached hydrogen (secondary N) is 2. The van der Waals surface area contributed by atoms with Gasteiger partial charge in [-0.25, -0.2) is 4.98 Å². The standard InChI is InChI=1S/C28H39N7S/c29-26(30)20-35(21-27-31-11-12-32-27)18-24-6-4-23(5-7-24)17-33-14-9-28(10-15-33)8-2-13-34(22-28)19-25-3-1-16-36-25/h1,3-7,11-12,16H,2,8-10,13-15,17-22H2,(H3,29,30)(H,31,32). The molecule has 4 N–H and O–H groups in total. The van der Waals surface area contributed by atoms with Gasteiger partial charge in [0.25, 0.3) is 0 Å². The van der Waals surface area contributed by atoms with Crippen LogP contribution in [0.5, 0.6) is 0 Å². The number of aromatic amines is 1. The Bertz CT molecular complexity index is 1070. The molecule has 2 saturated heterocycles. The maximum atomic E-state index is 7.72. The van der Waals surface area contributed by atoms with Crippen molar-refractivity contribution in [1.29, 1.82) is 5.41 Å². The molecule has 2 aliphatic rings. The van der Waals surface area contributed by atoms with Crippen LogP contribution in [0.3, 0.4) is 0 Å². The summed E-state index contributed by atoms with van der Waals surface area (Å²) in [6.45, 7) is 8.89. The van der Waals surface area contributed by atoms with Crippen LogP contribution in [0, 0.1) is 10.8 Å². The number of nitrogens with two attached hydrogens (primary N) is 1. The van der Waals surface area contributed by atoms with Crippen LogP contribution in [0.25, 0.3) is 0 Å². The summed E-state index contributed by atoms with van der Waals surface area (Å²) in [5.41, 5.74) is 8.82. The van der Waals surface area contributed by atoms with E-state index in [0.29, 0.717) is 18.5 Å². The van der Waals surface area contributed by atoms with Crippen molar-refractivity contribution in [3.05, 3.63) is 76.0 Å². The van der Waals surface area contributed by atoms with Crippen LogP contribution in [0.1, 0.15) is 47.5 Å². The summed E-state index contributed by atoms with van der Waals surface area (Å²) >= 11 is 1.89. The number of benzene rings is 1. The average molecular weight is 506 g/mol. The van der Waals surface area contributed by atoms with E-state index in [1.54, 1.807) is 6.20 Å². The fourth-order valence-electron chi connectivity index (χ4n) is 5.93. The first-order chi connectivity index (χ1) is 17.6. The zero-order valence-electron chi connectivity index (χ0n) is 21.2. The Kier molecular flexibility index (Phi) is 8.16. The number of thiophene rings is 1. The number of piperidine rings is 2. The van der Waals surface area contributed by atoms with Gasteiger partial charge in [0, 0.05) is 43.4 Å². The summed E-state index contributed by atoms with van der Waals surface area (Å²) in [5.74, 6) is 1.07. The molecule has 0 unspecified atom stereocenters. The number of hydrogen-bond donors (Lipinski definition) is 3. The molecule has 36 heavy (non-hydrogen) atoms. The van der Waals surface area contributed by atoms with Gasteiger partial charge in [0.05, 0.1) is 13.1 Å². The van der Waals surface area contributed by atoms with Crippen LogP contribution in [-0.2, 0) is 26.2 Å². The number of likely N-dealkylation sites (tertiary alicyclic amines) is 2. The SMILES string of the molecule is N=C(N)CN(Cc1ccc(CN2CCC3(CCCN(Cc4cccs4)C3)CC2)cc1)Cc1ncc[nH]1. The highest BCUT2D eigenvalue weighted by Gasteiger charge is 2.38. The molecular formula is C28H39N7S. The quantitative estimate of drug-likeness (QED) is 0.283. The van der Waals surface area contributed by atoms with E-state index in [1.165, 1.54) is 67.9 Å². The molecule has 0 aliphatic carbocycles. The summed E-state index contributed by atoms with van der Waals surface area (Å²) in [4.78, 5) is 16.4. The maximum absolute atomic E-state index is 7.72. The monoisotopic (exact) mass is 505 g/mol. The Hall–Kier alpha value is -2.52.